The molecule has 194 valence electrons. The maximum atomic E-state index is 13.4. The SMILES string of the molecule is COc1cccc(NC(=O)NCc2ccc(CN3C(=N)NC(C)(Cc4c[nH]c5ccccc45)C3=O)cc2)c1. The molecule has 2 heterocycles. The van der Waals surface area contributed by atoms with Gasteiger partial charge in [0.2, 0.25) is 0 Å². The number of para-hydroxylation sites is 1. The summed E-state index contributed by atoms with van der Waals surface area (Å²) < 4.78 is 5.17. The average molecular weight is 511 g/mol. The number of hydrogen-bond donors (Lipinski definition) is 5. The van der Waals surface area contributed by atoms with E-state index in [4.69, 9.17) is 10.1 Å². The van der Waals surface area contributed by atoms with E-state index in [1.165, 1.54) is 4.90 Å². The predicted octanol–water partition coefficient (Wildman–Crippen LogP) is 4.37. The van der Waals surface area contributed by atoms with Crippen molar-refractivity contribution in [1.29, 1.82) is 5.41 Å². The predicted molar refractivity (Wildman–Crippen MR) is 147 cm³/mol. The molecule has 38 heavy (non-hydrogen) atoms. The van der Waals surface area contributed by atoms with Gasteiger partial charge in [-0.05, 0) is 41.8 Å². The van der Waals surface area contributed by atoms with Crippen molar-refractivity contribution in [3.8, 4) is 5.75 Å². The summed E-state index contributed by atoms with van der Waals surface area (Å²) in [4.78, 5) is 30.4. The van der Waals surface area contributed by atoms with Crippen LogP contribution in [0.25, 0.3) is 10.9 Å². The smallest absolute Gasteiger partial charge is 0.319 e. The van der Waals surface area contributed by atoms with Crippen LogP contribution in [0.3, 0.4) is 0 Å². The molecule has 0 aliphatic carbocycles. The Balaban J connectivity index is 1.17. The number of aromatic amines is 1. The number of hydrogen-bond acceptors (Lipinski definition) is 4. The van der Waals surface area contributed by atoms with Crippen molar-refractivity contribution in [3.63, 3.8) is 0 Å². The lowest BCUT2D eigenvalue weighted by Gasteiger charge is -2.22. The molecule has 9 nitrogen and oxygen atoms in total. The zero-order valence-electron chi connectivity index (χ0n) is 21.3. The van der Waals surface area contributed by atoms with Crippen molar-refractivity contribution in [3.05, 3.63) is 95.7 Å². The minimum absolute atomic E-state index is 0.0947. The van der Waals surface area contributed by atoms with Crippen molar-refractivity contribution in [1.82, 2.24) is 20.5 Å². The Bertz CT molecular complexity index is 1500. The van der Waals surface area contributed by atoms with E-state index >= 15 is 0 Å². The van der Waals surface area contributed by atoms with Gasteiger partial charge < -0.3 is 25.7 Å². The van der Waals surface area contributed by atoms with Gasteiger partial charge in [-0.2, -0.15) is 0 Å². The Labute approximate surface area is 220 Å². The van der Waals surface area contributed by atoms with E-state index in [0.717, 1.165) is 27.6 Å². The molecule has 4 aromatic rings. The number of nitrogens with one attached hydrogen (secondary N) is 5. The number of H-pyrrole nitrogens is 1. The quantitative estimate of drug-likeness (QED) is 0.242. The van der Waals surface area contributed by atoms with Crippen molar-refractivity contribution in [2.45, 2.75) is 32.0 Å². The number of methoxy groups -OCH3 is 1. The number of amides is 3. The van der Waals surface area contributed by atoms with Crippen molar-refractivity contribution < 1.29 is 14.3 Å². The largest absolute Gasteiger partial charge is 0.497 e. The fraction of sp³-hybridized carbons (Fsp3) is 0.207. The van der Waals surface area contributed by atoms with Gasteiger partial charge in [0.05, 0.1) is 13.7 Å². The van der Waals surface area contributed by atoms with Crippen LogP contribution in [0.1, 0.15) is 23.6 Å². The number of carbonyl (C=O) groups is 2. The second-order valence-corrected chi connectivity index (χ2v) is 9.59. The van der Waals surface area contributed by atoms with Gasteiger partial charge in [-0.1, -0.05) is 48.5 Å². The molecule has 0 radical (unpaired) electrons. The molecule has 1 fully saturated rings. The zero-order chi connectivity index (χ0) is 26.7. The van der Waals surface area contributed by atoms with E-state index < -0.39 is 5.54 Å². The molecule has 1 unspecified atom stereocenters. The Morgan fingerprint density at radius 2 is 1.82 bits per heavy atom. The number of anilines is 1. The average Bonchev–Trinajstić information content (AvgIpc) is 3.41. The summed E-state index contributed by atoms with van der Waals surface area (Å²) in [6.45, 7) is 2.48. The van der Waals surface area contributed by atoms with Gasteiger partial charge in [-0.25, -0.2) is 4.79 Å². The molecule has 5 rings (SSSR count). The molecule has 1 aromatic heterocycles. The van der Waals surface area contributed by atoms with Gasteiger partial charge in [0.25, 0.3) is 5.91 Å². The highest BCUT2D eigenvalue weighted by Gasteiger charge is 2.46. The van der Waals surface area contributed by atoms with Crippen LogP contribution in [0.5, 0.6) is 5.75 Å². The summed E-state index contributed by atoms with van der Waals surface area (Å²) >= 11 is 0. The van der Waals surface area contributed by atoms with Crippen LogP contribution in [0.2, 0.25) is 0 Å². The highest BCUT2D eigenvalue weighted by atomic mass is 16.5. The van der Waals surface area contributed by atoms with E-state index in [-0.39, 0.29) is 24.4 Å². The fourth-order valence-electron chi connectivity index (χ4n) is 4.71. The summed E-state index contributed by atoms with van der Waals surface area (Å²) in [7, 11) is 1.58. The Kier molecular flexibility index (Phi) is 6.74. The number of urea groups is 1. The third kappa shape index (κ3) is 5.17. The molecule has 1 aliphatic rings. The third-order valence-electron chi connectivity index (χ3n) is 6.74. The molecule has 0 spiro atoms. The van der Waals surface area contributed by atoms with E-state index in [1.807, 2.05) is 67.7 Å². The lowest BCUT2D eigenvalue weighted by Crippen LogP contribution is -2.45. The molecule has 3 aromatic carbocycles. The molecule has 1 aliphatic heterocycles. The van der Waals surface area contributed by atoms with Gasteiger partial charge in [0.15, 0.2) is 5.96 Å². The topological polar surface area (TPSA) is 122 Å². The van der Waals surface area contributed by atoms with Gasteiger partial charge >= 0.3 is 6.03 Å². The van der Waals surface area contributed by atoms with Gasteiger partial charge in [0, 0.05) is 41.8 Å². The Hall–Kier alpha value is -4.79. The van der Waals surface area contributed by atoms with Gasteiger partial charge in [-0.15, -0.1) is 0 Å². The maximum absolute atomic E-state index is 13.4. The number of benzene rings is 3. The normalized spacial score (nSPS) is 16.9. The zero-order valence-corrected chi connectivity index (χ0v) is 21.3. The first kappa shape index (κ1) is 24.9. The first-order chi connectivity index (χ1) is 18.3. The summed E-state index contributed by atoms with van der Waals surface area (Å²) in [6.07, 6.45) is 2.40. The lowest BCUT2D eigenvalue weighted by molar-refractivity contribution is -0.130. The van der Waals surface area contributed by atoms with Crippen LogP contribution >= 0.6 is 0 Å². The molecule has 9 heteroatoms. The molecule has 0 bridgehead atoms. The van der Waals surface area contributed by atoms with Crippen LogP contribution in [0.15, 0.2) is 79.0 Å². The van der Waals surface area contributed by atoms with E-state index in [2.05, 4.69) is 20.9 Å². The summed E-state index contributed by atoms with van der Waals surface area (Å²) in [5.41, 5.74) is 3.61. The second-order valence-electron chi connectivity index (χ2n) is 9.59. The number of ether oxygens (including phenoxy) is 1. The van der Waals surface area contributed by atoms with Gasteiger partial charge in [0.1, 0.15) is 11.3 Å². The van der Waals surface area contributed by atoms with E-state index in [1.54, 1.807) is 25.3 Å². The highest BCUT2D eigenvalue weighted by Crippen LogP contribution is 2.27. The summed E-state index contributed by atoms with van der Waals surface area (Å²) in [5.74, 6) is 0.626. The number of nitrogens with zero attached hydrogens (tertiary/aromatic N) is 1. The summed E-state index contributed by atoms with van der Waals surface area (Å²) in [6, 6.07) is 22.4. The lowest BCUT2D eigenvalue weighted by atomic mass is 9.92. The molecule has 5 N–H and O–H groups in total. The second kappa shape index (κ2) is 10.3. The number of guanidine groups is 1. The highest BCUT2D eigenvalue weighted by molar-refractivity contribution is 6.08. The van der Waals surface area contributed by atoms with Gasteiger partial charge in [-0.3, -0.25) is 15.1 Å². The summed E-state index contributed by atoms with van der Waals surface area (Å²) in [5, 5.41) is 18.2. The van der Waals surface area contributed by atoms with Crippen LogP contribution < -0.4 is 20.7 Å². The Morgan fingerprint density at radius 1 is 1.05 bits per heavy atom. The van der Waals surface area contributed by atoms with Crippen LogP contribution in [-0.2, 0) is 24.3 Å². The van der Waals surface area contributed by atoms with E-state index in [9.17, 15) is 9.59 Å². The maximum Gasteiger partial charge on any atom is 0.319 e. The molecule has 1 atom stereocenters. The molecular weight excluding hydrogens is 480 g/mol. The molecule has 3 amide bonds. The van der Waals surface area contributed by atoms with Crippen molar-refractivity contribution in [2.75, 3.05) is 12.4 Å². The third-order valence-corrected chi connectivity index (χ3v) is 6.74. The molecule has 1 saturated heterocycles. The van der Waals surface area contributed by atoms with Crippen LogP contribution in [0.4, 0.5) is 10.5 Å². The number of fused-ring (bicyclic) bond motifs is 1. The monoisotopic (exact) mass is 510 g/mol. The number of carbonyl (C=O) groups excluding carboxylic acids is 2. The first-order valence-electron chi connectivity index (χ1n) is 12.3. The van der Waals surface area contributed by atoms with Crippen molar-refractivity contribution >= 4 is 34.5 Å². The number of aromatic nitrogens is 1. The van der Waals surface area contributed by atoms with Crippen LogP contribution in [0, 0.1) is 5.41 Å². The van der Waals surface area contributed by atoms with E-state index in [0.29, 0.717) is 24.4 Å². The Morgan fingerprint density at radius 3 is 2.61 bits per heavy atom. The standard InChI is InChI=1S/C29H30N6O3/c1-29(15-21-17-31-25-9-4-3-8-24(21)25)26(36)35(27(30)34-29)18-20-12-10-19(11-13-20)16-32-28(37)33-22-6-5-7-23(14-22)38-2/h3-14,17,31H,15-16,18H2,1-2H3,(H2,30,34)(H2,32,33,37). The number of rotatable bonds is 8. The minimum Gasteiger partial charge on any atom is -0.497 e. The van der Waals surface area contributed by atoms with Crippen LogP contribution in [-0.4, -0.2) is 40.4 Å². The fourth-order valence-corrected chi connectivity index (χ4v) is 4.71. The molecule has 0 saturated carbocycles. The molecular formula is C29H30N6O3. The minimum atomic E-state index is -0.901. The first-order valence-corrected chi connectivity index (χ1v) is 12.3. The van der Waals surface area contributed by atoms with Crippen molar-refractivity contribution in [2.24, 2.45) is 0 Å².